The van der Waals surface area contributed by atoms with Crippen molar-refractivity contribution in [2.24, 2.45) is 0 Å². The maximum absolute atomic E-state index is 13.6. The lowest BCUT2D eigenvalue weighted by atomic mass is 9.95. The summed E-state index contributed by atoms with van der Waals surface area (Å²) in [5, 5.41) is 21.1. The Kier molecular flexibility index (Phi) is 6.31. The number of benzene rings is 1. The summed E-state index contributed by atoms with van der Waals surface area (Å²) >= 11 is 2.51. The van der Waals surface area contributed by atoms with E-state index in [-0.39, 0.29) is 11.5 Å². The van der Waals surface area contributed by atoms with E-state index in [1.54, 1.807) is 31.2 Å². The van der Waals surface area contributed by atoms with Crippen molar-refractivity contribution >= 4 is 39.5 Å². The molecule has 1 aromatic carbocycles. The molecule has 4 rings (SSSR count). The molecule has 3 aromatic rings. The van der Waals surface area contributed by atoms with Crippen LogP contribution in [0.5, 0.6) is 5.75 Å². The van der Waals surface area contributed by atoms with Crippen LogP contribution in [0.3, 0.4) is 0 Å². The Balaban J connectivity index is 1.84. The van der Waals surface area contributed by atoms with Gasteiger partial charge in [0.15, 0.2) is 5.76 Å². The molecule has 1 amide bonds. The average molecular weight is 485 g/mol. The van der Waals surface area contributed by atoms with Crippen LogP contribution in [0.2, 0.25) is 0 Å². The van der Waals surface area contributed by atoms with Crippen molar-refractivity contribution in [2.45, 2.75) is 46.6 Å². The van der Waals surface area contributed by atoms with E-state index >= 15 is 0 Å². The number of carbonyl (C=O) groups excluding carboxylic acids is 2. The van der Waals surface area contributed by atoms with Crippen molar-refractivity contribution in [1.29, 1.82) is 0 Å². The van der Waals surface area contributed by atoms with Gasteiger partial charge in [-0.3, -0.25) is 14.5 Å². The number of aliphatic hydroxyl groups excluding tert-OH is 1. The number of rotatable bonds is 7. The van der Waals surface area contributed by atoms with E-state index in [4.69, 9.17) is 4.74 Å². The van der Waals surface area contributed by atoms with Gasteiger partial charge in [0.25, 0.3) is 5.91 Å². The fourth-order valence-corrected chi connectivity index (χ4v) is 5.43. The maximum atomic E-state index is 13.6. The third-order valence-corrected chi connectivity index (χ3v) is 7.49. The van der Waals surface area contributed by atoms with Crippen LogP contribution in [-0.4, -0.2) is 38.6 Å². The van der Waals surface area contributed by atoms with Gasteiger partial charge in [0, 0.05) is 5.92 Å². The highest BCUT2D eigenvalue weighted by molar-refractivity contribution is 7.15. The molecule has 1 unspecified atom stereocenters. The van der Waals surface area contributed by atoms with E-state index in [0.717, 1.165) is 10.0 Å². The van der Waals surface area contributed by atoms with Gasteiger partial charge < -0.3 is 9.84 Å². The van der Waals surface area contributed by atoms with Gasteiger partial charge in [-0.05, 0) is 38.5 Å². The summed E-state index contributed by atoms with van der Waals surface area (Å²) in [5.74, 6) is -0.874. The molecular weight excluding hydrogens is 460 g/mol. The largest absolute Gasteiger partial charge is 0.503 e. The molecule has 1 aliphatic heterocycles. The SMILES string of the molecule is CCOc1ccc(C2C(C(=O)c3sc(C)nc3C)=C(O)C(=O)N2c2nnc(C(C)C)s2)cc1. The Labute approximate surface area is 199 Å². The van der Waals surface area contributed by atoms with Crippen molar-refractivity contribution in [3.63, 3.8) is 0 Å². The second kappa shape index (κ2) is 9.03. The summed E-state index contributed by atoms with van der Waals surface area (Å²) in [4.78, 5) is 32.9. The van der Waals surface area contributed by atoms with Gasteiger partial charge in [0.2, 0.25) is 10.9 Å². The normalized spacial score (nSPS) is 16.2. The molecule has 0 aliphatic carbocycles. The van der Waals surface area contributed by atoms with Gasteiger partial charge in [0.1, 0.15) is 10.8 Å². The van der Waals surface area contributed by atoms with Crippen molar-refractivity contribution < 1.29 is 19.4 Å². The Morgan fingerprint density at radius 3 is 2.42 bits per heavy atom. The number of ether oxygens (including phenoxy) is 1. The van der Waals surface area contributed by atoms with E-state index in [1.807, 2.05) is 27.7 Å². The molecule has 8 nitrogen and oxygen atoms in total. The maximum Gasteiger partial charge on any atom is 0.296 e. The van der Waals surface area contributed by atoms with Gasteiger partial charge >= 0.3 is 0 Å². The highest BCUT2D eigenvalue weighted by Gasteiger charge is 2.46. The number of aliphatic hydroxyl groups is 1. The smallest absolute Gasteiger partial charge is 0.296 e. The van der Waals surface area contributed by atoms with Crippen LogP contribution >= 0.6 is 22.7 Å². The first-order valence-corrected chi connectivity index (χ1v) is 12.2. The van der Waals surface area contributed by atoms with E-state index in [1.165, 1.54) is 27.6 Å². The molecule has 3 heterocycles. The number of aromatic nitrogens is 3. The lowest BCUT2D eigenvalue weighted by Crippen LogP contribution is -2.31. The van der Waals surface area contributed by atoms with Crippen molar-refractivity contribution in [2.75, 3.05) is 11.5 Å². The molecule has 0 spiro atoms. The van der Waals surface area contributed by atoms with Crippen molar-refractivity contribution in [1.82, 2.24) is 15.2 Å². The molecular formula is C23H24N4O4S2. The lowest BCUT2D eigenvalue weighted by Gasteiger charge is -2.24. The first-order chi connectivity index (χ1) is 15.7. The van der Waals surface area contributed by atoms with E-state index in [2.05, 4.69) is 15.2 Å². The summed E-state index contributed by atoms with van der Waals surface area (Å²) in [6.07, 6.45) is 0. The summed E-state index contributed by atoms with van der Waals surface area (Å²) in [6.45, 7) is 9.94. The van der Waals surface area contributed by atoms with Crippen LogP contribution in [0.1, 0.15) is 63.7 Å². The Morgan fingerprint density at radius 2 is 1.88 bits per heavy atom. The van der Waals surface area contributed by atoms with Crippen LogP contribution in [0.25, 0.3) is 0 Å². The Hall–Kier alpha value is -3.11. The van der Waals surface area contributed by atoms with Gasteiger partial charge in [0.05, 0.1) is 33.8 Å². The zero-order valence-corrected chi connectivity index (χ0v) is 20.6. The summed E-state index contributed by atoms with van der Waals surface area (Å²) in [5.41, 5.74) is 1.23. The fraction of sp³-hybridized carbons (Fsp3) is 0.348. The highest BCUT2D eigenvalue weighted by atomic mass is 32.1. The minimum absolute atomic E-state index is 0.0113. The first kappa shape index (κ1) is 23.1. The summed E-state index contributed by atoms with van der Waals surface area (Å²) in [7, 11) is 0. The third-order valence-electron chi connectivity index (χ3n) is 5.20. The average Bonchev–Trinajstić information content (AvgIpc) is 3.45. The molecule has 2 aromatic heterocycles. The van der Waals surface area contributed by atoms with E-state index in [9.17, 15) is 14.7 Å². The fourth-order valence-electron chi connectivity index (χ4n) is 3.68. The van der Waals surface area contributed by atoms with Crippen LogP contribution in [-0.2, 0) is 4.79 Å². The van der Waals surface area contributed by atoms with Crippen LogP contribution in [0, 0.1) is 13.8 Å². The second-order valence-electron chi connectivity index (χ2n) is 7.90. The molecule has 0 saturated heterocycles. The number of carbonyl (C=O) groups is 2. The number of aryl methyl sites for hydroxylation is 2. The number of thiazole rings is 1. The van der Waals surface area contributed by atoms with E-state index in [0.29, 0.717) is 33.6 Å². The minimum atomic E-state index is -0.851. The molecule has 1 N–H and O–H groups in total. The lowest BCUT2D eigenvalue weighted by molar-refractivity contribution is -0.117. The van der Waals surface area contributed by atoms with Gasteiger partial charge in [-0.25, -0.2) is 4.98 Å². The number of anilines is 1. The summed E-state index contributed by atoms with van der Waals surface area (Å²) in [6, 6.07) is 6.28. The number of Topliss-reactive ketones (excluding diaryl/α,β-unsaturated/α-hetero) is 1. The van der Waals surface area contributed by atoms with E-state index < -0.39 is 23.5 Å². The molecule has 33 heavy (non-hydrogen) atoms. The molecule has 0 bridgehead atoms. The topological polar surface area (TPSA) is 106 Å². The number of ketones is 1. The second-order valence-corrected chi connectivity index (χ2v) is 10.1. The Bertz CT molecular complexity index is 1240. The van der Waals surface area contributed by atoms with Crippen molar-refractivity contribution in [3.8, 4) is 5.75 Å². The monoisotopic (exact) mass is 484 g/mol. The number of amides is 1. The zero-order valence-electron chi connectivity index (χ0n) is 18.9. The van der Waals surface area contributed by atoms with Crippen LogP contribution in [0.15, 0.2) is 35.6 Å². The van der Waals surface area contributed by atoms with Gasteiger partial charge in [-0.2, -0.15) is 0 Å². The quantitative estimate of drug-likeness (QED) is 0.475. The number of nitrogens with zero attached hydrogens (tertiary/aromatic N) is 4. The van der Waals surface area contributed by atoms with Gasteiger partial charge in [-0.1, -0.05) is 37.3 Å². The van der Waals surface area contributed by atoms with Crippen molar-refractivity contribution in [3.05, 3.63) is 61.7 Å². The zero-order chi connectivity index (χ0) is 23.9. The predicted molar refractivity (Wildman–Crippen MR) is 127 cm³/mol. The van der Waals surface area contributed by atoms with Gasteiger partial charge in [-0.15, -0.1) is 21.5 Å². The van der Waals surface area contributed by atoms with Crippen LogP contribution in [0.4, 0.5) is 5.13 Å². The summed E-state index contributed by atoms with van der Waals surface area (Å²) < 4.78 is 5.53. The molecule has 0 fully saturated rings. The third kappa shape index (κ3) is 4.16. The number of hydrogen-bond acceptors (Lipinski definition) is 9. The molecule has 0 radical (unpaired) electrons. The molecule has 1 aliphatic rings. The Morgan fingerprint density at radius 1 is 1.18 bits per heavy atom. The minimum Gasteiger partial charge on any atom is -0.503 e. The van der Waals surface area contributed by atoms with Crippen LogP contribution < -0.4 is 9.64 Å². The standard InChI is InChI=1S/C23H24N4O4S2/c1-6-31-15-9-7-14(8-10-15)17-16(18(28)20-12(4)24-13(5)32-20)19(29)22(30)27(17)23-26-25-21(33-23)11(2)3/h7-11,17,29H,6H2,1-5H3. The molecule has 0 saturated carbocycles. The molecule has 1 atom stereocenters. The first-order valence-electron chi connectivity index (χ1n) is 10.5. The highest BCUT2D eigenvalue weighted by Crippen LogP contribution is 2.44. The molecule has 172 valence electrons. The molecule has 10 heteroatoms. The predicted octanol–water partition coefficient (Wildman–Crippen LogP) is 4.92. The number of hydrogen-bond donors (Lipinski definition) is 1.